The molecule has 0 bridgehead atoms. The van der Waals surface area contributed by atoms with Crippen LogP contribution in [0.2, 0.25) is 0 Å². The Labute approximate surface area is 130 Å². The highest BCUT2D eigenvalue weighted by atomic mass is 16.5. The molecule has 0 aromatic rings. The van der Waals surface area contributed by atoms with Gasteiger partial charge in [0.25, 0.3) is 0 Å². The number of nitrogens with one attached hydrogen (secondary N) is 1. The van der Waals surface area contributed by atoms with Gasteiger partial charge in [-0.3, -0.25) is 9.59 Å². The number of carboxylic acid groups (broad SMARTS) is 1. The third-order valence-electron chi connectivity index (χ3n) is 4.22. The minimum Gasteiger partial charge on any atom is -0.481 e. The van der Waals surface area contributed by atoms with E-state index in [0.29, 0.717) is 0 Å². The highest BCUT2D eigenvalue weighted by Crippen LogP contribution is 2.43. The van der Waals surface area contributed by atoms with E-state index in [9.17, 15) is 14.4 Å². The van der Waals surface area contributed by atoms with Gasteiger partial charge in [0.1, 0.15) is 12.1 Å². The highest BCUT2D eigenvalue weighted by molar-refractivity contribution is 5.89. The molecule has 7 nitrogen and oxygen atoms in total. The van der Waals surface area contributed by atoms with E-state index in [2.05, 4.69) is 19.2 Å². The second-order valence-electron chi connectivity index (χ2n) is 6.80. The van der Waals surface area contributed by atoms with E-state index in [0.717, 1.165) is 12.8 Å². The molecule has 1 amide bonds. The van der Waals surface area contributed by atoms with Gasteiger partial charge in [-0.15, -0.1) is 0 Å². The maximum absolute atomic E-state index is 12.1. The predicted octanol–water partition coefficient (Wildman–Crippen LogP) is 0.661. The summed E-state index contributed by atoms with van der Waals surface area (Å²) in [6.07, 6.45) is 1.30. The van der Waals surface area contributed by atoms with Crippen LogP contribution in [-0.4, -0.2) is 41.1 Å². The van der Waals surface area contributed by atoms with Gasteiger partial charge < -0.3 is 20.9 Å². The Kier molecular flexibility index (Phi) is 5.93. The summed E-state index contributed by atoms with van der Waals surface area (Å²) in [6, 6.07) is -2.05. The maximum atomic E-state index is 12.1. The van der Waals surface area contributed by atoms with Gasteiger partial charge in [-0.25, -0.2) is 4.79 Å². The van der Waals surface area contributed by atoms with Crippen molar-refractivity contribution >= 4 is 17.8 Å². The second-order valence-corrected chi connectivity index (χ2v) is 6.80. The number of hydrogen-bond acceptors (Lipinski definition) is 5. The van der Waals surface area contributed by atoms with E-state index in [1.54, 1.807) is 0 Å². The second kappa shape index (κ2) is 7.09. The van der Waals surface area contributed by atoms with E-state index in [-0.39, 0.29) is 17.4 Å². The lowest BCUT2D eigenvalue weighted by molar-refractivity contribution is -0.159. The zero-order chi connectivity index (χ0) is 17.1. The van der Waals surface area contributed by atoms with Gasteiger partial charge in [0.15, 0.2) is 0 Å². The quantitative estimate of drug-likeness (QED) is 0.620. The molecule has 1 rings (SSSR count). The molecule has 1 aliphatic rings. The topological polar surface area (TPSA) is 119 Å². The van der Waals surface area contributed by atoms with Crippen LogP contribution in [0.5, 0.6) is 0 Å². The van der Waals surface area contributed by atoms with E-state index in [1.165, 1.54) is 6.92 Å². The number of carbonyl (C=O) groups excluding carboxylic acids is 2. The molecular weight excluding hydrogens is 288 g/mol. The van der Waals surface area contributed by atoms with Crippen molar-refractivity contribution in [2.45, 2.75) is 65.1 Å². The van der Waals surface area contributed by atoms with Crippen molar-refractivity contribution < 1.29 is 24.2 Å². The number of carboxylic acids is 1. The molecule has 22 heavy (non-hydrogen) atoms. The van der Waals surface area contributed by atoms with Crippen molar-refractivity contribution in [3.05, 3.63) is 0 Å². The maximum Gasteiger partial charge on any atom is 0.328 e. The normalized spacial score (nSPS) is 26.0. The first-order valence-corrected chi connectivity index (χ1v) is 7.53. The third kappa shape index (κ3) is 4.69. The summed E-state index contributed by atoms with van der Waals surface area (Å²) in [4.78, 5) is 34.4. The number of nitrogens with two attached hydrogens (primary N) is 1. The molecule has 0 aliphatic heterocycles. The minimum absolute atomic E-state index is 0.0848. The van der Waals surface area contributed by atoms with Crippen molar-refractivity contribution in [3.8, 4) is 0 Å². The van der Waals surface area contributed by atoms with Crippen LogP contribution in [0.4, 0.5) is 0 Å². The standard InChI is InChI=1S/C15H26N2O5/c1-8-5-6-15(3,4)12(8)22-14(21)9(2)17-13(20)10(16)7-11(18)19/h8-10,12H,5-7,16H2,1-4H3,(H,17,20)(H,18,19)/t8?,9-,10+,12?/m1/s1. The predicted molar refractivity (Wildman–Crippen MR) is 79.9 cm³/mol. The van der Waals surface area contributed by atoms with Gasteiger partial charge in [0, 0.05) is 5.41 Å². The van der Waals surface area contributed by atoms with Crippen LogP contribution >= 0.6 is 0 Å². The third-order valence-corrected chi connectivity index (χ3v) is 4.22. The summed E-state index contributed by atoms with van der Waals surface area (Å²) in [7, 11) is 0. The molecular formula is C15H26N2O5. The average Bonchev–Trinajstić information content (AvgIpc) is 2.64. The van der Waals surface area contributed by atoms with E-state index in [1.807, 2.05) is 6.92 Å². The average molecular weight is 314 g/mol. The van der Waals surface area contributed by atoms with Crippen LogP contribution in [0, 0.1) is 11.3 Å². The smallest absolute Gasteiger partial charge is 0.328 e. The molecule has 0 aromatic carbocycles. The van der Waals surface area contributed by atoms with Crippen LogP contribution in [0.15, 0.2) is 0 Å². The molecule has 1 aliphatic carbocycles. The first kappa shape index (κ1) is 18.4. The van der Waals surface area contributed by atoms with Gasteiger partial charge in [-0.05, 0) is 25.7 Å². The van der Waals surface area contributed by atoms with Crippen LogP contribution in [0.1, 0.15) is 47.0 Å². The summed E-state index contributed by atoms with van der Waals surface area (Å²) < 4.78 is 5.55. The molecule has 4 atom stereocenters. The molecule has 0 aromatic heterocycles. The van der Waals surface area contributed by atoms with Gasteiger partial charge in [0.2, 0.25) is 5.91 Å². The number of amides is 1. The Morgan fingerprint density at radius 3 is 2.45 bits per heavy atom. The molecule has 0 radical (unpaired) electrons. The molecule has 2 unspecified atom stereocenters. The fraction of sp³-hybridized carbons (Fsp3) is 0.800. The number of hydrogen-bond donors (Lipinski definition) is 3. The Morgan fingerprint density at radius 1 is 1.41 bits per heavy atom. The Morgan fingerprint density at radius 2 is 2.00 bits per heavy atom. The summed E-state index contributed by atoms with van der Waals surface area (Å²) >= 11 is 0. The van der Waals surface area contributed by atoms with Crippen LogP contribution in [0.3, 0.4) is 0 Å². The summed E-state index contributed by atoms with van der Waals surface area (Å²) in [5.74, 6) is -2.09. The lowest BCUT2D eigenvalue weighted by Gasteiger charge is -2.30. The lowest BCUT2D eigenvalue weighted by Crippen LogP contribution is -2.49. The van der Waals surface area contributed by atoms with Crippen molar-refractivity contribution in [3.63, 3.8) is 0 Å². The Hall–Kier alpha value is -1.63. The first-order chi connectivity index (χ1) is 10.0. The zero-order valence-corrected chi connectivity index (χ0v) is 13.6. The number of aliphatic carboxylic acids is 1. The van der Waals surface area contributed by atoms with Gasteiger partial charge in [0.05, 0.1) is 12.5 Å². The SMILES string of the molecule is CC1CCC(C)(C)C1OC(=O)[C@@H](C)NC(=O)[C@@H](N)CC(=O)O. The van der Waals surface area contributed by atoms with Gasteiger partial charge in [-0.2, -0.15) is 0 Å². The van der Waals surface area contributed by atoms with E-state index in [4.69, 9.17) is 15.6 Å². The molecule has 126 valence electrons. The molecule has 1 saturated carbocycles. The fourth-order valence-corrected chi connectivity index (χ4v) is 2.83. The highest BCUT2D eigenvalue weighted by Gasteiger charge is 2.43. The number of esters is 1. The summed E-state index contributed by atoms with van der Waals surface area (Å²) in [6.45, 7) is 7.65. The Balaban J connectivity index is 2.55. The summed E-state index contributed by atoms with van der Waals surface area (Å²) in [5, 5.41) is 11.0. The van der Waals surface area contributed by atoms with Crippen LogP contribution in [0.25, 0.3) is 0 Å². The van der Waals surface area contributed by atoms with E-state index < -0.39 is 36.4 Å². The number of carbonyl (C=O) groups is 3. The van der Waals surface area contributed by atoms with Crippen molar-refractivity contribution in [2.24, 2.45) is 17.1 Å². The minimum atomic E-state index is -1.19. The van der Waals surface area contributed by atoms with E-state index >= 15 is 0 Å². The molecule has 7 heteroatoms. The molecule has 0 saturated heterocycles. The molecule has 0 heterocycles. The van der Waals surface area contributed by atoms with Crippen molar-refractivity contribution in [1.29, 1.82) is 0 Å². The van der Waals surface area contributed by atoms with Crippen LogP contribution in [-0.2, 0) is 19.1 Å². The monoisotopic (exact) mass is 314 g/mol. The fourth-order valence-electron chi connectivity index (χ4n) is 2.83. The largest absolute Gasteiger partial charge is 0.481 e. The zero-order valence-electron chi connectivity index (χ0n) is 13.6. The summed E-state index contributed by atoms with van der Waals surface area (Å²) in [5.41, 5.74) is 5.37. The molecule has 0 spiro atoms. The van der Waals surface area contributed by atoms with Crippen molar-refractivity contribution in [1.82, 2.24) is 5.32 Å². The number of rotatable bonds is 6. The number of ether oxygens (including phenoxy) is 1. The lowest BCUT2D eigenvalue weighted by atomic mass is 9.87. The Bertz CT molecular complexity index is 449. The first-order valence-electron chi connectivity index (χ1n) is 7.53. The molecule has 4 N–H and O–H groups in total. The van der Waals surface area contributed by atoms with Crippen molar-refractivity contribution in [2.75, 3.05) is 0 Å². The van der Waals surface area contributed by atoms with Gasteiger partial charge >= 0.3 is 11.9 Å². The van der Waals surface area contributed by atoms with Gasteiger partial charge in [-0.1, -0.05) is 20.8 Å². The molecule has 1 fully saturated rings. The van der Waals surface area contributed by atoms with Crippen LogP contribution < -0.4 is 11.1 Å².